The van der Waals surface area contributed by atoms with Crippen LogP contribution < -0.4 is 0 Å². The molecule has 0 saturated heterocycles. The smallest absolute Gasteiger partial charge is 0.196 e. The normalized spacial score (nSPS) is 13.4. The number of aromatic nitrogens is 5. The largest absolute Gasteiger partial charge is 0.361 e. The Labute approximate surface area is 179 Å². The predicted molar refractivity (Wildman–Crippen MR) is 117 cm³/mol. The first-order valence-electron chi connectivity index (χ1n) is 10.2. The van der Waals surface area contributed by atoms with E-state index in [0.717, 1.165) is 46.7 Å². The summed E-state index contributed by atoms with van der Waals surface area (Å²) in [6, 6.07) is 12.3. The Bertz CT molecular complexity index is 1180. The third kappa shape index (κ3) is 3.54. The lowest BCUT2D eigenvalue weighted by Gasteiger charge is -2.13. The molecule has 0 unspecified atom stereocenters. The van der Waals surface area contributed by atoms with E-state index in [1.807, 2.05) is 18.2 Å². The molecule has 0 N–H and O–H groups in total. The van der Waals surface area contributed by atoms with Gasteiger partial charge in [-0.1, -0.05) is 40.7 Å². The van der Waals surface area contributed by atoms with E-state index in [4.69, 9.17) is 4.52 Å². The zero-order chi connectivity index (χ0) is 20.5. The maximum Gasteiger partial charge on any atom is 0.196 e. The quantitative estimate of drug-likeness (QED) is 0.421. The van der Waals surface area contributed by atoms with Gasteiger partial charge >= 0.3 is 0 Å². The van der Waals surface area contributed by atoms with Gasteiger partial charge in [-0.25, -0.2) is 0 Å². The SMILES string of the molecule is Cc1ccc(-n2c(SCc3noc4c3CCCC4)nnc2-c2ccccn2)c(C)c1. The minimum atomic E-state index is 0.712. The van der Waals surface area contributed by atoms with Crippen LogP contribution in [0.5, 0.6) is 0 Å². The lowest BCUT2D eigenvalue weighted by Crippen LogP contribution is -2.04. The lowest BCUT2D eigenvalue weighted by atomic mass is 9.97. The summed E-state index contributed by atoms with van der Waals surface area (Å²) < 4.78 is 7.69. The van der Waals surface area contributed by atoms with Gasteiger partial charge in [0, 0.05) is 23.9 Å². The van der Waals surface area contributed by atoms with Crippen LogP contribution in [0.4, 0.5) is 0 Å². The van der Waals surface area contributed by atoms with Crippen molar-refractivity contribution in [2.75, 3.05) is 0 Å². The predicted octanol–water partition coefficient (Wildman–Crippen LogP) is 5.11. The van der Waals surface area contributed by atoms with Gasteiger partial charge in [-0.05, 0) is 56.9 Å². The van der Waals surface area contributed by atoms with E-state index in [1.165, 1.54) is 29.5 Å². The van der Waals surface area contributed by atoms with Crippen molar-refractivity contribution in [1.29, 1.82) is 0 Å². The van der Waals surface area contributed by atoms with Crippen LogP contribution in [0.25, 0.3) is 17.2 Å². The molecular weight excluding hydrogens is 394 g/mol. The summed E-state index contributed by atoms with van der Waals surface area (Å²) in [6.45, 7) is 4.22. The third-order valence-corrected chi connectivity index (χ3v) is 6.43. The minimum absolute atomic E-state index is 0.712. The van der Waals surface area contributed by atoms with Crippen molar-refractivity contribution < 1.29 is 4.52 Å². The van der Waals surface area contributed by atoms with Crippen molar-refractivity contribution in [1.82, 2.24) is 24.9 Å². The van der Waals surface area contributed by atoms with Crippen molar-refractivity contribution in [3.05, 3.63) is 70.7 Å². The second kappa shape index (κ2) is 8.07. The molecule has 0 atom stereocenters. The van der Waals surface area contributed by atoms with Crippen molar-refractivity contribution in [3.8, 4) is 17.2 Å². The van der Waals surface area contributed by atoms with Gasteiger partial charge in [-0.15, -0.1) is 10.2 Å². The minimum Gasteiger partial charge on any atom is -0.361 e. The van der Waals surface area contributed by atoms with Gasteiger partial charge in [0.15, 0.2) is 11.0 Å². The van der Waals surface area contributed by atoms with Gasteiger partial charge < -0.3 is 4.52 Å². The monoisotopic (exact) mass is 417 g/mol. The molecule has 6 nitrogen and oxygen atoms in total. The molecule has 3 aromatic heterocycles. The van der Waals surface area contributed by atoms with E-state index in [0.29, 0.717) is 5.75 Å². The van der Waals surface area contributed by atoms with Crippen LogP contribution >= 0.6 is 11.8 Å². The summed E-state index contributed by atoms with van der Waals surface area (Å²) in [5.41, 5.74) is 6.59. The number of thioether (sulfide) groups is 1. The Morgan fingerprint density at radius 2 is 1.97 bits per heavy atom. The van der Waals surface area contributed by atoms with E-state index in [1.54, 1.807) is 18.0 Å². The summed E-state index contributed by atoms with van der Waals surface area (Å²) in [7, 11) is 0. The van der Waals surface area contributed by atoms with Gasteiger partial charge in [0.2, 0.25) is 0 Å². The average molecular weight is 418 g/mol. The molecule has 0 bridgehead atoms. The Balaban J connectivity index is 1.53. The molecule has 1 aliphatic carbocycles. The topological polar surface area (TPSA) is 69.6 Å². The number of nitrogens with zero attached hydrogens (tertiary/aromatic N) is 5. The van der Waals surface area contributed by atoms with Crippen molar-refractivity contribution in [3.63, 3.8) is 0 Å². The molecule has 0 fully saturated rings. The Hall–Kier alpha value is -2.93. The number of fused-ring (bicyclic) bond motifs is 1. The van der Waals surface area contributed by atoms with Gasteiger partial charge in [-0.3, -0.25) is 9.55 Å². The summed E-state index contributed by atoms with van der Waals surface area (Å²) in [5, 5.41) is 14.2. The average Bonchev–Trinajstić information content (AvgIpc) is 3.37. The van der Waals surface area contributed by atoms with Gasteiger partial charge in [0.1, 0.15) is 11.5 Å². The molecule has 7 heteroatoms. The van der Waals surface area contributed by atoms with Crippen molar-refractivity contribution in [2.45, 2.75) is 50.4 Å². The van der Waals surface area contributed by atoms with E-state index in [-0.39, 0.29) is 0 Å². The van der Waals surface area contributed by atoms with Crippen LogP contribution in [0, 0.1) is 13.8 Å². The van der Waals surface area contributed by atoms with Crippen molar-refractivity contribution in [2.24, 2.45) is 0 Å². The second-order valence-electron chi connectivity index (χ2n) is 7.67. The number of aryl methyl sites for hydroxylation is 3. The fourth-order valence-corrected chi connectivity index (χ4v) is 4.90. The zero-order valence-corrected chi connectivity index (χ0v) is 17.9. The van der Waals surface area contributed by atoms with Gasteiger partial charge in [0.05, 0.1) is 11.4 Å². The van der Waals surface area contributed by atoms with E-state index < -0.39 is 0 Å². The van der Waals surface area contributed by atoms with Crippen LogP contribution in [0.15, 0.2) is 52.3 Å². The van der Waals surface area contributed by atoms with Crippen LogP contribution in [0.1, 0.15) is 41.0 Å². The first-order valence-corrected chi connectivity index (χ1v) is 11.2. The highest BCUT2D eigenvalue weighted by atomic mass is 32.2. The van der Waals surface area contributed by atoms with Crippen LogP contribution in [0.3, 0.4) is 0 Å². The summed E-state index contributed by atoms with van der Waals surface area (Å²) in [5.74, 6) is 2.51. The first-order chi connectivity index (χ1) is 14.7. The van der Waals surface area contributed by atoms with Crippen molar-refractivity contribution >= 4 is 11.8 Å². The third-order valence-electron chi connectivity index (χ3n) is 5.49. The number of pyridine rings is 1. The molecule has 5 rings (SSSR count). The lowest BCUT2D eigenvalue weighted by molar-refractivity contribution is 0.369. The second-order valence-corrected chi connectivity index (χ2v) is 8.62. The Kier molecular flexibility index (Phi) is 5.12. The highest BCUT2D eigenvalue weighted by molar-refractivity contribution is 7.98. The molecule has 0 radical (unpaired) electrons. The molecule has 1 aromatic carbocycles. The van der Waals surface area contributed by atoms with Crippen LogP contribution in [-0.4, -0.2) is 24.9 Å². The fourth-order valence-electron chi connectivity index (χ4n) is 3.99. The highest BCUT2D eigenvalue weighted by Gasteiger charge is 2.22. The highest BCUT2D eigenvalue weighted by Crippen LogP contribution is 2.33. The Morgan fingerprint density at radius 1 is 1.07 bits per heavy atom. The molecule has 1 aliphatic rings. The number of benzene rings is 1. The Morgan fingerprint density at radius 3 is 2.80 bits per heavy atom. The summed E-state index contributed by atoms with van der Waals surface area (Å²) >= 11 is 1.64. The zero-order valence-electron chi connectivity index (χ0n) is 17.1. The fraction of sp³-hybridized carbons (Fsp3) is 0.304. The van der Waals surface area contributed by atoms with E-state index in [9.17, 15) is 0 Å². The molecular formula is C23H23N5OS. The van der Waals surface area contributed by atoms with E-state index in [2.05, 4.69) is 57.0 Å². The number of hydrogen-bond acceptors (Lipinski definition) is 6. The maximum absolute atomic E-state index is 5.58. The molecule has 4 aromatic rings. The number of hydrogen-bond donors (Lipinski definition) is 0. The standard InChI is InChI=1S/C23H23N5OS/c1-15-10-11-20(16(2)13-15)28-22(18-8-5-6-12-24-18)25-26-23(28)30-14-19-17-7-3-4-9-21(17)29-27-19/h5-6,8,10-13H,3-4,7,9,14H2,1-2H3. The molecule has 0 saturated carbocycles. The summed E-state index contributed by atoms with van der Waals surface area (Å²) in [4.78, 5) is 4.50. The molecule has 0 aliphatic heterocycles. The van der Waals surface area contributed by atoms with E-state index >= 15 is 0 Å². The van der Waals surface area contributed by atoms with Crippen LogP contribution in [0.2, 0.25) is 0 Å². The first kappa shape index (κ1) is 19.1. The molecule has 0 amide bonds. The molecule has 0 spiro atoms. The maximum atomic E-state index is 5.58. The van der Waals surface area contributed by atoms with Gasteiger partial charge in [-0.2, -0.15) is 0 Å². The summed E-state index contributed by atoms with van der Waals surface area (Å²) in [6.07, 6.45) is 6.22. The van der Waals surface area contributed by atoms with Gasteiger partial charge in [0.25, 0.3) is 0 Å². The number of rotatable bonds is 5. The molecule has 30 heavy (non-hydrogen) atoms. The molecule has 152 valence electrons. The molecule has 3 heterocycles. The van der Waals surface area contributed by atoms with Crippen LogP contribution in [-0.2, 0) is 18.6 Å².